The van der Waals surface area contributed by atoms with E-state index in [0.29, 0.717) is 137 Å². The van der Waals surface area contributed by atoms with Crippen LogP contribution in [0.1, 0.15) is 210 Å². The highest BCUT2D eigenvalue weighted by Crippen LogP contribution is 2.72. The SMILES string of the molecule is NC(=O)c1ccc2c(c1O)[C@]13CCN(CC4CC4)[C@H](C2)C1(O)CCC(=O)C3.NC(=O)c1ccc2c3c1OC1C(=O)CCC4(O)[C@@H](C2)N(CC2CC2)CC[C@]314.NC(=O)c1ccc2c3c1OC1C4(CCC5(O)[C@@H](C2)N(CC2CC2)CC[C@]315)OCCO4.[C-]#[N+]c1ccc2c3c1OC1C4(CCC5(O)[C@@H](C2)N(CC2CC2)CC[C@]315)OCCO4. The minimum atomic E-state index is -1.06. The lowest BCUT2D eigenvalue weighted by molar-refractivity contribution is -0.296. The van der Waals surface area contributed by atoms with Gasteiger partial charge >= 0.3 is 0 Å². The number of aromatic hydroxyl groups is 1. The Hall–Kier alpha value is -7.16. The first-order valence-corrected chi connectivity index (χ1v) is 42.5. The number of amides is 3. The van der Waals surface area contributed by atoms with E-state index in [1.807, 2.05) is 24.3 Å². The Kier molecular flexibility index (Phi) is 15.8. The van der Waals surface area contributed by atoms with Gasteiger partial charge in [-0.15, -0.1) is 0 Å². The third-order valence-electron chi connectivity index (χ3n) is 32.9. The van der Waals surface area contributed by atoms with Crippen LogP contribution in [0.25, 0.3) is 4.85 Å². The lowest BCUT2D eigenvalue weighted by Crippen LogP contribution is -2.79. The predicted molar refractivity (Wildman–Crippen MR) is 405 cm³/mol. The quantitative estimate of drug-likeness (QED) is 0.0821. The molecule has 21 aliphatic rings. The number of piperidine rings is 4. The van der Waals surface area contributed by atoms with E-state index in [-0.39, 0.29) is 53.5 Å². The number of benzene rings is 4. The Labute approximate surface area is 656 Å². The fraction of sp³-hybridized carbons (Fsp3) is 0.659. The Morgan fingerprint density at radius 3 is 1.28 bits per heavy atom. The monoisotopic (exact) mass is 1540 g/mol. The molecule has 3 amide bonds. The number of primary amides is 3. The second kappa shape index (κ2) is 24.7. The maximum atomic E-state index is 12.8. The van der Waals surface area contributed by atoms with Crippen LogP contribution in [0.4, 0.5) is 5.69 Å². The molecule has 25 rings (SSSR count). The molecule has 7 unspecified atom stereocenters. The Balaban J connectivity index is 0.0000000922. The van der Waals surface area contributed by atoms with Gasteiger partial charge in [-0.05, 0) is 224 Å². The van der Waals surface area contributed by atoms with Crippen molar-refractivity contribution in [3.63, 3.8) is 0 Å². The summed E-state index contributed by atoms with van der Waals surface area (Å²) in [5, 5.41) is 59.8. The van der Waals surface area contributed by atoms with Gasteiger partial charge in [0.1, 0.15) is 28.8 Å². The van der Waals surface area contributed by atoms with Crippen LogP contribution >= 0.6 is 0 Å². The van der Waals surface area contributed by atoms with Gasteiger partial charge in [0.05, 0.1) is 88.3 Å². The van der Waals surface area contributed by atoms with E-state index in [2.05, 4.69) is 30.5 Å². The molecule has 4 aromatic carbocycles. The van der Waals surface area contributed by atoms with Crippen molar-refractivity contribution in [3.05, 3.63) is 121 Å². The van der Waals surface area contributed by atoms with Crippen LogP contribution in [0.15, 0.2) is 48.5 Å². The van der Waals surface area contributed by atoms with Crippen molar-refractivity contribution < 1.29 is 82.7 Å². The van der Waals surface area contributed by atoms with Crippen molar-refractivity contribution in [1.29, 1.82) is 0 Å². The maximum absolute atomic E-state index is 12.8. The van der Waals surface area contributed by atoms with Crippen LogP contribution in [0.3, 0.4) is 0 Å². The molecule has 113 heavy (non-hydrogen) atoms. The molecule has 5 spiro atoms. The minimum Gasteiger partial charge on any atom is -0.507 e. The highest BCUT2D eigenvalue weighted by Gasteiger charge is 2.80. The molecule has 9 aliphatic heterocycles. The van der Waals surface area contributed by atoms with Gasteiger partial charge in [-0.1, -0.05) is 30.3 Å². The highest BCUT2D eigenvalue weighted by atomic mass is 16.8. The number of carbonyl (C=O) groups excluding carboxylic acids is 5. The first-order chi connectivity index (χ1) is 54.4. The molecule has 15 atom stereocenters. The van der Waals surface area contributed by atoms with Gasteiger partial charge in [0.2, 0.25) is 17.3 Å². The summed E-state index contributed by atoms with van der Waals surface area (Å²) in [6.45, 7) is 17.6. The van der Waals surface area contributed by atoms with E-state index in [0.717, 1.165) is 136 Å². The number of rotatable bonds is 11. The van der Waals surface area contributed by atoms with Gasteiger partial charge in [-0.25, -0.2) is 4.85 Å². The highest BCUT2D eigenvalue weighted by molar-refractivity contribution is 6.00. The van der Waals surface area contributed by atoms with Gasteiger partial charge in [0, 0.05) is 105 Å². The number of ketones is 2. The number of nitrogens with two attached hydrogens (primary N) is 3. The van der Waals surface area contributed by atoms with Crippen LogP contribution in [-0.2, 0) is 75.9 Å². The van der Waals surface area contributed by atoms with Crippen molar-refractivity contribution in [3.8, 4) is 23.0 Å². The average molecular weight is 1550 g/mol. The molecule has 14 fully saturated rings. The number of likely N-dealkylation sites (tertiary alicyclic amines) is 4. The molecular weight excluding hydrogens is 1440 g/mol. The van der Waals surface area contributed by atoms with Crippen molar-refractivity contribution in [2.24, 2.45) is 40.9 Å². The van der Waals surface area contributed by atoms with Crippen LogP contribution < -0.4 is 31.4 Å². The number of phenols is 1. The number of hydrogen-bond acceptors (Lipinski definition) is 21. The molecular formula is C88H104N8O17. The van der Waals surface area contributed by atoms with Crippen molar-refractivity contribution in [2.45, 2.75) is 259 Å². The molecule has 25 nitrogen and oxygen atoms in total. The summed E-state index contributed by atoms with van der Waals surface area (Å²) in [6, 6.07) is 15.0. The number of ether oxygens (including phenoxy) is 7. The first-order valence-electron chi connectivity index (χ1n) is 42.5. The maximum Gasteiger partial charge on any atom is 0.252 e. The smallest absolute Gasteiger partial charge is 0.252 e. The number of nitrogens with zero attached hydrogens (tertiary/aromatic N) is 5. The fourth-order valence-corrected chi connectivity index (χ4v) is 27.2. The van der Waals surface area contributed by atoms with E-state index in [1.54, 1.807) is 18.2 Å². The van der Waals surface area contributed by atoms with E-state index >= 15 is 0 Å². The molecule has 8 saturated carbocycles. The van der Waals surface area contributed by atoms with E-state index in [9.17, 15) is 49.5 Å². The predicted octanol–water partition coefficient (Wildman–Crippen LogP) is 5.81. The largest absolute Gasteiger partial charge is 0.507 e. The second-order valence-electron chi connectivity index (χ2n) is 38.1. The minimum absolute atomic E-state index is 0.00364. The van der Waals surface area contributed by atoms with E-state index in [1.165, 1.54) is 62.5 Å². The Bertz CT molecular complexity index is 4820. The molecule has 12 aliphatic carbocycles. The van der Waals surface area contributed by atoms with Gasteiger partial charge in [0.25, 0.3) is 17.7 Å². The lowest BCUT2D eigenvalue weighted by atomic mass is 9.48. The van der Waals surface area contributed by atoms with E-state index < -0.39 is 91.7 Å². The fourth-order valence-electron chi connectivity index (χ4n) is 27.2. The van der Waals surface area contributed by atoms with Crippen LogP contribution in [0.2, 0.25) is 0 Å². The average Bonchev–Trinajstić information content (AvgIpc) is 1.52. The number of Topliss-reactive ketones (excluding diaryl/α,β-unsaturated/α-hetero) is 2. The van der Waals surface area contributed by atoms with Gasteiger partial charge in [0.15, 0.2) is 24.1 Å². The third kappa shape index (κ3) is 9.71. The van der Waals surface area contributed by atoms with Crippen molar-refractivity contribution in [1.82, 2.24) is 19.6 Å². The molecule has 598 valence electrons. The van der Waals surface area contributed by atoms with Gasteiger partial charge in [-0.3, -0.25) is 43.6 Å². The van der Waals surface area contributed by atoms with Crippen molar-refractivity contribution >= 4 is 35.0 Å². The van der Waals surface area contributed by atoms with Crippen LogP contribution in [0.5, 0.6) is 23.0 Å². The molecule has 9 heterocycles. The molecule has 11 N–H and O–H groups in total. The molecule has 0 radical (unpaired) electrons. The van der Waals surface area contributed by atoms with Gasteiger partial charge < -0.3 is 75.9 Å². The number of aliphatic hydroxyl groups is 4. The molecule has 0 aromatic heterocycles. The Morgan fingerprint density at radius 1 is 0.442 bits per heavy atom. The second-order valence-corrected chi connectivity index (χ2v) is 38.1. The number of carbonyl (C=O) groups is 5. The summed E-state index contributed by atoms with van der Waals surface area (Å²) in [4.78, 5) is 75.0. The molecule has 6 saturated heterocycles. The zero-order chi connectivity index (χ0) is 77.3. The molecule has 4 aromatic rings. The summed E-state index contributed by atoms with van der Waals surface area (Å²) in [5.41, 5.74) is 19.5. The Morgan fingerprint density at radius 2 is 0.823 bits per heavy atom. The summed E-state index contributed by atoms with van der Waals surface area (Å²) in [6.07, 6.45) is 18.9. The summed E-state index contributed by atoms with van der Waals surface area (Å²) in [7, 11) is 0. The topological polar surface area (TPSA) is 346 Å². The van der Waals surface area contributed by atoms with Crippen LogP contribution in [-0.4, -0.2) is 230 Å². The normalized spacial score (nSPS) is 39.1. The third-order valence-corrected chi connectivity index (χ3v) is 32.9. The standard InChI is InChI=1S/C23H28N2O5.C23H26N2O4.C21H24N2O4.C21H26N2O4/c24-19(26)15-4-3-14-11-16-22(27)5-6-23(28-9-10-29-23)20-21(22,17(14)18(15)30-20)7-8-25(16)12-13-1-2-13;1-24-16-5-4-15-12-17-22(26)6-7-23(27-10-11-28-23)20-21(22,18(15)19(16)29-20)8-9-25(17)13-14-2-3-14;22-19(25)13-4-3-12-9-15-21(26)6-5-14(24)18-20(21,16(12)17(13)27-18)7-8-23(15)10-11-1-2-11;22-19(26)15-4-3-13-9-16-21(27)6-5-14(24)10-20(21,17(13)18(15)25)7-8-23(16)11-12-1-2-12/h3-4,13,16,20,27H,1-2,5-12H2,(H2,24,26);4-5,14,17,20,26H,2-3,6-13H2;3-4,11,15,18,26H,1-2,5-10H2,(H2,22,25);3-4,12,16,25,27H,1-2,5-11H2,(H2,22,26)/t16-,20?,21+,22?;17-,20?,21+,22?;15-,18?,20+,21?;16-,20-,21?/m1111/s1. The van der Waals surface area contributed by atoms with E-state index in [4.69, 9.17) is 56.9 Å². The summed E-state index contributed by atoms with van der Waals surface area (Å²) >= 11 is 0. The summed E-state index contributed by atoms with van der Waals surface area (Å²) in [5.74, 6) is 1.32. The number of fused-ring (bicyclic) bond motifs is 3. The zero-order valence-corrected chi connectivity index (χ0v) is 64.2. The number of hydrogen-bond donors (Lipinski definition) is 8. The van der Waals surface area contributed by atoms with Gasteiger partial charge in [-0.2, -0.15) is 0 Å². The molecule has 25 heteroatoms. The zero-order valence-electron chi connectivity index (χ0n) is 64.2. The van der Waals surface area contributed by atoms with Crippen molar-refractivity contribution in [2.75, 3.05) is 78.8 Å². The molecule has 8 bridgehead atoms. The first kappa shape index (κ1) is 72.3. The van der Waals surface area contributed by atoms with Crippen LogP contribution in [0, 0.1) is 30.2 Å². The summed E-state index contributed by atoms with van der Waals surface area (Å²) < 4.78 is 44.1. The lowest BCUT2D eigenvalue weighted by Gasteiger charge is -2.65.